The van der Waals surface area contributed by atoms with E-state index in [-0.39, 0.29) is 11.3 Å². The van der Waals surface area contributed by atoms with Crippen LogP contribution in [0.1, 0.15) is 74.7 Å². The van der Waals surface area contributed by atoms with Gasteiger partial charge in [-0.25, -0.2) is 0 Å². The molecular weight excluding hydrogens is 286 g/mol. The minimum absolute atomic E-state index is 0.174. The number of hydrogen-bond donors (Lipinski definition) is 2. The molecule has 1 aliphatic rings. The maximum absolute atomic E-state index is 12.4. The van der Waals surface area contributed by atoms with E-state index in [1.165, 1.54) is 12.8 Å². The van der Waals surface area contributed by atoms with Gasteiger partial charge in [0.05, 0.1) is 11.3 Å². The topological polar surface area (TPSA) is 75.1 Å². The maximum atomic E-state index is 12.4. The van der Waals surface area contributed by atoms with Crippen molar-refractivity contribution in [2.45, 2.75) is 70.3 Å². The molecule has 0 atom stereocenters. The monoisotopic (exact) mass is 311 g/mol. The molecule has 118 valence electrons. The van der Waals surface area contributed by atoms with Gasteiger partial charge in [0.1, 0.15) is 4.88 Å². The van der Waals surface area contributed by atoms with Gasteiger partial charge >= 0.3 is 0 Å². The number of aliphatic hydroxyl groups is 1. The number of hydrogen-bond acceptors (Lipinski definition) is 5. The van der Waals surface area contributed by atoms with Crippen LogP contribution in [0.3, 0.4) is 0 Å². The molecule has 1 aromatic rings. The molecule has 0 spiro atoms. The van der Waals surface area contributed by atoms with E-state index in [9.17, 15) is 9.90 Å². The highest BCUT2D eigenvalue weighted by Crippen LogP contribution is 2.28. The van der Waals surface area contributed by atoms with Crippen molar-refractivity contribution >= 4 is 17.4 Å². The Morgan fingerprint density at radius 1 is 1.29 bits per heavy atom. The Bertz CT molecular complexity index is 485. The highest BCUT2D eigenvalue weighted by molar-refractivity contribution is 7.08. The molecule has 1 saturated carbocycles. The van der Waals surface area contributed by atoms with Gasteiger partial charge in [-0.1, -0.05) is 50.9 Å². The van der Waals surface area contributed by atoms with Crippen molar-refractivity contribution in [2.24, 2.45) is 0 Å². The van der Waals surface area contributed by atoms with Crippen molar-refractivity contribution in [2.75, 3.05) is 6.54 Å². The second-order valence-electron chi connectivity index (χ2n) is 7.02. The number of aromatic nitrogens is 2. The molecule has 0 radical (unpaired) electrons. The Hall–Kier alpha value is -1.01. The van der Waals surface area contributed by atoms with Crippen molar-refractivity contribution in [3.63, 3.8) is 0 Å². The van der Waals surface area contributed by atoms with Crippen LogP contribution in [-0.2, 0) is 5.41 Å². The summed E-state index contributed by atoms with van der Waals surface area (Å²) in [6.45, 7) is 6.35. The van der Waals surface area contributed by atoms with E-state index < -0.39 is 5.60 Å². The van der Waals surface area contributed by atoms with Crippen LogP contribution in [0.2, 0.25) is 0 Å². The average Bonchev–Trinajstić information content (AvgIpc) is 2.81. The fourth-order valence-electron chi connectivity index (χ4n) is 2.72. The third kappa shape index (κ3) is 4.23. The molecule has 0 saturated heterocycles. The second-order valence-corrected chi connectivity index (χ2v) is 7.78. The Morgan fingerprint density at radius 3 is 2.48 bits per heavy atom. The molecule has 0 aromatic carbocycles. The van der Waals surface area contributed by atoms with Crippen molar-refractivity contribution in [1.29, 1.82) is 0 Å². The van der Waals surface area contributed by atoms with Crippen molar-refractivity contribution in [1.82, 2.24) is 14.9 Å². The third-order valence-corrected chi connectivity index (χ3v) is 4.74. The third-order valence-electron chi connectivity index (χ3n) is 4.02. The Balaban J connectivity index is 2.00. The molecule has 1 amide bonds. The quantitative estimate of drug-likeness (QED) is 0.842. The molecule has 1 aliphatic carbocycles. The number of nitrogens with one attached hydrogen (secondary N) is 1. The summed E-state index contributed by atoms with van der Waals surface area (Å²) in [4.78, 5) is 12.9. The molecule has 6 heteroatoms. The lowest BCUT2D eigenvalue weighted by atomic mass is 9.91. The zero-order chi connectivity index (χ0) is 15.5. The van der Waals surface area contributed by atoms with Crippen LogP contribution in [0, 0.1) is 0 Å². The lowest BCUT2D eigenvalue weighted by molar-refractivity contribution is 0.0247. The summed E-state index contributed by atoms with van der Waals surface area (Å²) >= 11 is 1.12. The summed E-state index contributed by atoms with van der Waals surface area (Å²) < 4.78 is 3.91. The van der Waals surface area contributed by atoms with Crippen molar-refractivity contribution < 1.29 is 9.90 Å². The first-order valence-corrected chi connectivity index (χ1v) is 8.43. The number of carbonyl (C=O) groups excluding carboxylic acids is 1. The summed E-state index contributed by atoms with van der Waals surface area (Å²) in [5.74, 6) is -0.174. The number of rotatable bonds is 3. The fourth-order valence-corrected chi connectivity index (χ4v) is 3.51. The molecule has 5 nitrogen and oxygen atoms in total. The van der Waals surface area contributed by atoms with Crippen LogP contribution in [-0.4, -0.2) is 32.7 Å². The van der Waals surface area contributed by atoms with Gasteiger partial charge in [0, 0.05) is 12.0 Å². The first kappa shape index (κ1) is 16.4. The number of carbonyl (C=O) groups is 1. The standard InChI is InChI=1S/C15H25N3O2S/c1-14(2,3)12-11(21-18-17-12)13(19)16-10-15(20)8-6-4-5-7-9-15/h20H,4-10H2,1-3H3,(H,16,19). The predicted octanol–water partition coefficient (Wildman–Crippen LogP) is 2.65. The minimum Gasteiger partial charge on any atom is -0.388 e. The molecule has 2 rings (SSSR count). The van der Waals surface area contributed by atoms with E-state index >= 15 is 0 Å². The molecule has 21 heavy (non-hydrogen) atoms. The molecule has 0 unspecified atom stereocenters. The smallest absolute Gasteiger partial charge is 0.265 e. The lowest BCUT2D eigenvalue weighted by Gasteiger charge is -2.26. The highest BCUT2D eigenvalue weighted by Gasteiger charge is 2.30. The highest BCUT2D eigenvalue weighted by atomic mass is 32.1. The van der Waals surface area contributed by atoms with Gasteiger partial charge in [-0.2, -0.15) is 0 Å². The second kappa shape index (κ2) is 6.40. The van der Waals surface area contributed by atoms with Gasteiger partial charge < -0.3 is 10.4 Å². The lowest BCUT2D eigenvalue weighted by Crippen LogP contribution is -2.42. The van der Waals surface area contributed by atoms with Crippen LogP contribution in [0.5, 0.6) is 0 Å². The zero-order valence-corrected chi connectivity index (χ0v) is 13.9. The van der Waals surface area contributed by atoms with Crippen LogP contribution in [0.4, 0.5) is 0 Å². The van der Waals surface area contributed by atoms with Crippen molar-refractivity contribution in [3.8, 4) is 0 Å². The minimum atomic E-state index is -0.758. The van der Waals surface area contributed by atoms with Gasteiger partial charge in [-0.15, -0.1) is 5.10 Å². The zero-order valence-electron chi connectivity index (χ0n) is 13.1. The van der Waals surface area contributed by atoms with Crippen LogP contribution in [0.15, 0.2) is 0 Å². The van der Waals surface area contributed by atoms with Gasteiger partial charge in [-0.05, 0) is 24.4 Å². The molecule has 0 aliphatic heterocycles. The summed E-state index contributed by atoms with van der Waals surface area (Å²) in [5, 5.41) is 17.5. The normalized spacial score (nSPS) is 19.0. The van der Waals surface area contributed by atoms with E-state index in [0.717, 1.165) is 42.9 Å². The van der Waals surface area contributed by atoms with E-state index in [1.54, 1.807) is 0 Å². The Kier molecular flexibility index (Phi) is 4.99. The summed E-state index contributed by atoms with van der Waals surface area (Å²) in [6, 6.07) is 0. The molecule has 0 bridgehead atoms. The van der Waals surface area contributed by atoms with E-state index in [0.29, 0.717) is 11.4 Å². The first-order chi connectivity index (χ1) is 9.82. The van der Waals surface area contributed by atoms with Gasteiger partial charge in [-0.3, -0.25) is 4.79 Å². The van der Waals surface area contributed by atoms with E-state index in [4.69, 9.17) is 0 Å². The molecule has 1 heterocycles. The summed E-state index contributed by atoms with van der Waals surface area (Å²) in [5.41, 5.74) is -0.247. The Labute approximate surface area is 130 Å². The van der Waals surface area contributed by atoms with E-state index in [1.807, 2.05) is 20.8 Å². The number of nitrogens with zero attached hydrogens (tertiary/aromatic N) is 2. The largest absolute Gasteiger partial charge is 0.388 e. The maximum Gasteiger partial charge on any atom is 0.265 e. The SMILES string of the molecule is CC(C)(C)c1nnsc1C(=O)NCC1(O)CCCCCC1. The number of amides is 1. The van der Waals surface area contributed by atoms with Crippen LogP contribution in [0.25, 0.3) is 0 Å². The fraction of sp³-hybridized carbons (Fsp3) is 0.800. The predicted molar refractivity (Wildman–Crippen MR) is 83.6 cm³/mol. The Morgan fingerprint density at radius 2 is 1.90 bits per heavy atom. The molecule has 1 aromatic heterocycles. The van der Waals surface area contributed by atoms with Gasteiger partial charge in [0.15, 0.2) is 0 Å². The first-order valence-electron chi connectivity index (χ1n) is 7.65. The molecule has 2 N–H and O–H groups in total. The van der Waals surface area contributed by atoms with Crippen LogP contribution >= 0.6 is 11.5 Å². The van der Waals surface area contributed by atoms with Crippen molar-refractivity contribution in [3.05, 3.63) is 10.6 Å². The summed E-state index contributed by atoms with van der Waals surface area (Å²) in [7, 11) is 0. The summed E-state index contributed by atoms with van der Waals surface area (Å²) in [6.07, 6.45) is 5.93. The molecule has 1 fully saturated rings. The van der Waals surface area contributed by atoms with Gasteiger partial charge in [0.2, 0.25) is 0 Å². The average molecular weight is 311 g/mol. The van der Waals surface area contributed by atoms with Gasteiger partial charge in [0.25, 0.3) is 5.91 Å². The van der Waals surface area contributed by atoms with E-state index in [2.05, 4.69) is 14.9 Å². The molecular formula is C15H25N3O2S. The van der Waals surface area contributed by atoms with Crippen LogP contribution < -0.4 is 5.32 Å².